The molecule has 120 valence electrons. The molecule has 6 heteroatoms. The molecule has 0 heterocycles. The minimum atomic E-state index is -0.962. The third-order valence-corrected chi connectivity index (χ3v) is 4.04. The Hall–Kier alpha value is -2.24. The van der Waals surface area contributed by atoms with E-state index in [1.807, 2.05) is 18.2 Å². The van der Waals surface area contributed by atoms with E-state index in [0.29, 0.717) is 18.0 Å². The van der Waals surface area contributed by atoms with Gasteiger partial charge in [0.1, 0.15) is 0 Å². The normalized spacial score (nSPS) is 15.0. The lowest BCUT2D eigenvalue weighted by atomic mass is 9.95. The molecule has 1 saturated carbocycles. The molecular formula is C16H21NO5. The van der Waals surface area contributed by atoms with Crippen LogP contribution in [0.1, 0.15) is 31.2 Å². The summed E-state index contributed by atoms with van der Waals surface area (Å²) in [5, 5.41) is 11.4. The first-order chi connectivity index (χ1) is 10.5. The van der Waals surface area contributed by atoms with Crippen LogP contribution in [-0.4, -0.2) is 37.7 Å². The predicted molar refractivity (Wildman–Crippen MR) is 80.3 cm³/mol. The Morgan fingerprint density at radius 3 is 2.41 bits per heavy atom. The zero-order valence-corrected chi connectivity index (χ0v) is 12.8. The van der Waals surface area contributed by atoms with Crippen molar-refractivity contribution >= 4 is 11.9 Å². The molecule has 2 N–H and O–H groups in total. The Kier molecular flexibility index (Phi) is 4.90. The van der Waals surface area contributed by atoms with E-state index in [0.717, 1.165) is 18.4 Å². The summed E-state index contributed by atoms with van der Waals surface area (Å²) >= 11 is 0. The number of carbonyl (C=O) groups is 2. The van der Waals surface area contributed by atoms with Crippen LogP contribution in [0.15, 0.2) is 18.2 Å². The summed E-state index contributed by atoms with van der Waals surface area (Å²) in [6.07, 6.45) is 1.84. The van der Waals surface area contributed by atoms with Crippen LogP contribution < -0.4 is 14.8 Å². The molecule has 0 atom stereocenters. The average molecular weight is 307 g/mol. The third-order valence-electron chi connectivity index (χ3n) is 4.04. The van der Waals surface area contributed by atoms with Crippen molar-refractivity contribution in [1.29, 1.82) is 0 Å². The van der Waals surface area contributed by atoms with E-state index in [2.05, 4.69) is 5.32 Å². The number of hydrogen-bond donors (Lipinski definition) is 2. The minimum absolute atomic E-state index is 0.0113. The highest BCUT2D eigenvalue weighted by Crippen LogP contribution is 2.49. The topological polar surface area (TPSA) is 84.9 Å². The van der Waals surface area contributed by atoms with E-state index in [1.165, 1.54) is 0 Å². The van der Waals surface area contributed by atoms with Crippen LogP contribution in [-0.2, 0) is 15.0 Å². The molecule has 0 saturated heterocycles. The predicted octanol–water partition coefficient (Wildman–Crippen LogP) is 1.72. The van der Waals surface area contributed by atoms with Gasteiger partial charge in [-0.2, -0.15) is 0 Å². The number of carboxylic acids is 1. The second kappa shape index (κ2) is 6.68. The lowest BCUT2D eigenvalue weighted by Crippen LogP contribution is -2.32. The van der Waals surface area contributed by atoms with Crippen LogP contribution >= 0.6 is 0 Å². The van der Waals surface area contributed by atoms with Crippen molar-refractivity contribution in [3.63, 3.8) is 0 Å². The molecule has 1 aliphatic carbocycles. The van der Waals surface area contributed by atoms with Gasteiger partial charge in [0.15, 0.2) is 11.5 Å². The summed E-state index contributed by atoms with van der Waals surface area (Å²) in [7, 11) is 3.18. The zero-order chi connectivity index (χ0) is 16.2. The SMILES string of the molecule is COc1ccc(C2(CNC(=O)CCC(=O)O)CC2)cc1OC. The number of aliphatic carboxylic acids is 1. The number of benzene rings is 1. The van der Waals surface area contributed by atoms with Gasteiger partial charge in [-0.1, -0.05) is 6.07 Å². The standard InChI is InChI=1S/C16H21NO5/c1-21-12-4-3-11(9-13(12)22-2)16(7-8-16)10-17-14(18)5-6-15(19)20/h3-4,9H,5-8,10H2,1-2H3,(H,17,18)(H,19,20). The summed E-state index contributed by atoms with van der Waals surface area (Å²) in [5.41, 5.74) is 1.03. The van der Waals surface area contributed by atoms with E-state index in [9.17, 15) is 9.59 Å². The number of ether oxygens (including phenoxy) is 2. The number of carbonyl (C=O) groups excluding carboxylic acids is 1. The Morgan fingerprint density at radius 1 is 1.18 bits per heavy atom. The smallest absolute Gasteiger partial charge is 0.303 e. The van der Waals surface area contributed by atoms with Crippen LogP contribution in [0.5, 0.6) is 11.5 Å². The second-order valence-corrected chi connectivity index (χ2v) is 5.52. The average Bonchev–Trinajstić information content (AvgIpc) is 3.31. The molecule has 6 nitrogen and oxygen atoms in total. The highest BCUT2D eigenvalue weighted by atomic mass is 16.5. The number of methoxy groups -OCH3 is 2. The van der Waals surface area contributed by atoms with Crippen LogP contribution in [0.4, 0.5) is 0 Å². The maximum atomic E-state index is 11.7. The first kappa shape index (κ1) is 16.1. The highest BCUT2D eigenvalue weighted by Gasteiger charge is 2.44. The Morgan fingerprint density at radius 2 is 1.86 bits per heavy atom. The number of amides is 1. The van der Waals surface area contributed by atoms with Gasteiger partial charge < -0.3 is 19.9 Å². The monoisotopic (exact) mass is 307 g/mol. The largest absolute Gasteiger partial charge is 0.493 e. The highest BCUT2D eigenvalue weighted by molar-refractivity contribution is 5.80. The molecule has 1 aromatic carbocycles. The summed E-state index contributed by atoms with van der Waals surface area (Å²) in [4.78, 5) is 22.1. The maximum absolute atomic E-state index is 11.7. The summed E-state index contributed by atoms with van der Waals surface area (Å²) in [5.74, 6) is 0.154. The Bertz CT molecular complexity index is 566. The molecule has 0 aromatic heterocycles. The third kappa shape index (κ3) is 3.69. The van der Waals surface area contributed by atoms with Gasteiger partial charge >= 0.3 is 5.97 Å². The van der Waals surface area contributed by atoms with Crippen molar-refractivity contribution in [2.24, 2.45) is 0 Å². The van der Waals surface area contributed by atoms with E-state index < -0.39 is 5.97 Å². The molecule has 0 aliphatic heterocycles. The molecule has 1 fully saturated rings. The first-order valence-corrected chi connectivity index (χ1v) is 7.22. The summed E-state index contributed by atoms with van der Waals surface area (Å²) in [6.45, 7) is 0.515. The molecule has 1 aromatic rings. The van der Waals surface area contributed by atoms with Crippen molar-refractivity contribution in [1.82, 2.24) is 5.32 Å². The number of rotatable bonds is 8. The fourth-order valence-electron chi connectivity index (χ4n) is 2.46. The lowest BCUT2D eigenvalue weighted by molar-refractivity contribution is -0.138. The van der Waals surface area contributed by atoms with Gasteiger partial charge in [-0.25, -0.2) is 0 Å². The molecule has 22 heavy (non-hydrogen) atoms. The van der Waals surface area contributed by atoms with E-state index in [-0.39, 0.29) is 24.2 Å². The van der Waals surface area contributed by atoms with Crippen molar-refractivity contribution in [2.45, 2.75) is 31.1 Å². The molecule has 2 rings (SSSR count). The molecule has 1 aliphatic rings. The van der Waals surface area contributed by atoms with Gasteiger partial charge in [0, 0.05) is 18.4 Å². The Labute approximate surface area is 129 Å². The lowest BCUT2D eigenvalue weighted by Gasteiger charge is -2.18. The van der Waals surface area contributed by atoms with Gasteiger partial charge in [-0.15, -0.1) is 0 Å². The van der Waals surface area contributed by atoms with Gasteiger partial charge in [0.25, 0.3) is 0 Å². The van der Waals surface area contributed by atoms with E-state index in [4.69, 9.17) is 14.6 Å². The van der Waals surface area contributed by atoms with Gasteiger partial charge in [0.2, 0.25) is 5.91 Å². The van der Waals surface area contributed by atoms with Crippen LogP contribution in [0.3, 0.4) is 0 Å². The first-order valence-electron chi connectivity index (χ1n) is 7.22. The summed E-state index contributed by atoms with van der Waals surface area (Å²) in [6, 6.07) is 5.79. The molecular weight excluding hydrogens is 286 g/mol. The zero-order valence-electron chi connectivity index (χ0n) is 12.8. The van der Waals surface area contributed by atoms with Crippen molar-refractivity contribution in [3.8, 4) is 11.5 Å². The Balaban J connectivity index is 1.99. The van der Waals surface area contributed by atoms with Crippen molar-refractivity contribution < 1.29 is 24.2 Å². The minimum Gasteiger partial charge on any atom is -0.493 e. The van der Waals surface area contributed by atoms with Crippen molar-refractivity contribution in [3.05, 3.63) is 23.8 Å². The number of carboxylic acid groups (broad SMARTS) is 1. The van der Waals surface area contributed by atoms with Gasteiger partial charge in [0.05, 0.1) is 20.6 Å². The van der Waals surface area contributed by atoms with E-state index in [1.54, 1.807) is 14.2 Å². The molecule has 0 bridgehead atoms. The number of nitrogens with one attached hydrogen (secondary N) is 1. The molecule has 0 radical (unpaired) electrons. The van der Waals surface area contributed by atoms with Crippen molar-refractivity contribution in [2.75, 3.05) is 20.8 Å². The molecule has 0 unspecified atom stereocenters. The van der Waals surface area contributed by atoms with Crippen LogP contribution in [0.2, 0.25) is 0 Å². The fourth-order valence-corrected chi connectivity index (χ4v) is 2.46. The van der Waals surface area contributed by atoms with Gasteiger partial charge in [-0.05, 0) is 30.5 Å². The van der Waals surface area contributed by atoms with E-state index >= 15 is 0 Å². The van der Waals surface area contributed by atoms with Crippen LogP contribution in [0.25, 0.3) is 0 Å². The molecule has 1 amide bonds. The summed E-state index contributed by atoms with van der Waals surface area (Å²) < 4.78 is 10.5. The quantitative estimate of drug-likeness (QED) is 0.764. The van der Waals surface area contributed by atoms with Gasteiger partial charge in [-0.3, -0.25) is 9.59 Å². The molecule has 0 spiro atoms. The fraction of sp³-hybridized carbons (Fsp3) is 0.500. The maximum Gasteiger partial charge on any atom is 0.303 e. The second-order valence-electron chi connectivity index (χ2n) is 5.52. The van der Waals surface area contributed by atoms with Crippen LogP contribution in [0, 0.1) is 0 Å². The number of hydrogen-bond acceptors (Lipinski definition) is 4.